The summed E-state index contributed by atoms with van der Waals surface area (Å²) in [5.74, 6) is -0.535. The van der Waals surface area contributed by atoms with Gasteiger partial charge < -0.3 is 14.4 Å². The summed E-state index contributed by atoms with van der Waals surface area (Å²) in [5, 5.41) is 0.388. The average Bonchev–Trinajstić information content (AvgIpc) is 3.11. The van der Waals surface area contributed by atoms with Crippen molar-refractivity contribution in [2.75, 3.05) is 20.3 Å². The maximum atomic E-state index is 14.3. The van der Waals surface area contributed by atoms with Crippen molar-refractivity contribution >= 4 is 33.3 Å². The first-order chi connectivity index (χ1) is 14.1. The molecule has 156 valence electrons. The molecule has 2 aromatic rings. The normalized spacial score (nSPS) is 21.8. The third-order valence-corrected chi connectivity index (χ3v) is 7.30. The molecule has 0 N–H and O–H groups in total. The molecule has 1 aromatic carbocycles. The second-order valence-electron chi connectivity index (χ2n) is 7.87. The predicted octanol–water partition coefficient (Wildman–Crippen LogP) is 4.52. The molecule has 2 aliphatic rings. The fraction of sp³-hybridized carbons (Fsp3) is 0.545. The number of piperidine rings is 1. The smallest absolute Gasteiger partial charge is 0.349 e. The number of halogens is 1. The van der Waals surface area contributed by atoms with E-state index in [-0.39, 0.29) is 25.2 Å². The molecule has 2 atom stereocenters. The molecule has 2 heterocycles. The Morgan fingerprint density at radius 2 is 2.00 bits per heavy atom. The molecule has 0 radical (unpaired) electrons. The van der Waals surface area contributed by atoms with E-state index in [1.807, 2.05) is 4.90 Å². The first-order valence-electron chi connectivity index (χ1n) is 10.3. The van der Waals surface area contributed by atoms with E-state index in [4.69, 9.17) is 9.47 Å². The highest BCUT2D eigenvalue weighted by molar-refractivity contribution is 7.21. The molecule has 1 amide bonds. The number of nitrogens with zero attached hydrogens (tertiary/aromatic N) is 1. The van der Waals surface area contributed by atoms with E-state index in [0.717, 1.165) is 25.8 Å². The van der Waals surface area contributed by atoms with E-state index >= 15 is 0 Å². The van der Waals surface area contributed by atoms with Gasteiger partial charge in [0.05, 0.1) is 6.61 Å². The summed E-state index contributed by atoms with van der Waals surface area (Å²) in [5.41, 5.74) is 0.480. The molecule has 0 spiro atoms. The maximum absolute atomic E-state index is 14.3. The Morgan fingerprint density at radius 1 is 1.21 bits per heavy atom. The minimum atomic E-state index is -0.594. The molecule has 1 aliphatic heterocycles. The Labute approximate surface area is 173 Å². The fourth-order valence-electron chi connectivity index (χ4n) is 4.82. The van der Waals surface area contributed by atoms with Gasteiger partial charge >= 0.3 is 5.97 Å². The summed E-state index contributed by atoms with van der Waals surface area (Å²) in [4.78, 5) is 27.7. The van der Waals surface area contributed by atoms with Crippen LogP contribution in [-0.4, -0.2) is 43.1 Å². The van der Waals surface area contributed by atoms with Crippen LogP contribution in [0.5, 0.6) is 0 Å². The third-order valence-electron chi connectivity index (χ3n) is 6.13. The van der Waals surface area contributed by atoms with Crippen LogP contribution < -0.4 is 0 Å². The monoisotopic (exact) mass is 419 g/mol. The lowest BCUT2D eigenvalue weighted by Crippen LogP contribution is -2.50. The van der Waals surface area contributed by atoms with E-state index < -0.39 is 11.8 Å². The van der Waals surface area contributed by atoms with Crippen LogP contribution in [0.25, 0.3) is 10.1 Å². The molecular weight excluding hydrogens is 393 g/mol. The quantitative estimate of drug-likeness (QED) is 0.669. The standard InChI is InChI=1S/C22H26FNO4S/c1-27-12-15-20-16(23)8-4-10-18(20)29-21(15)22(26)28-13-19(25)24-11-5-7-14-6-2-3-9-17(14)24/h4,8,10,14,17H,2-3,5-7,9,11-13H2,1H3/t14-,17+/m0/s1. The van der Waals surface area contributed by atoms with Crippen molar-refractivity contribution in [1.82, 2.24) is 4.90 Å². The van der Waals surface area contributed by atoms with Gasteiger partial charge in [-0.15, -0.1) is 11.3 Å². The second-order valence-corrected chi connectivity index (χ2v) is 8.93. The number of ether oxygens (including phenoxy) is 2. The molecule has 4 rings (SSSR count). The number of hydrogen-bond acceptors (Lipinski definition) is 5. The van der Waals surface area contributed by atoms with Crippen molar-refractivity contribution < 1.29 is 23.5 Å². The van der Waals surface area contributed by atoms with Crippen LogP contribution in [0.15, 0.2) is 18.2 Å². The zero-order chi connectivity index (χ0) is 20.4. The van der Waals surface area contributed by atoms with Gasteiger partial charge in [0.1, 0.15) is 10.7 Å². The molecule has 1 saturated carbocycles. The van der Waals surface area contributed by atoms with Gasteiger partial charge in [0.15, 0.2) is 6.61 Å². The number of thiophene rings is 1. The Morgan fingerprint density at radius 3 is 2.83 bits per heavy atom. The van der Waals surface area contributed by atoms with Crippen LogP contribution in [-0.2, 0) is 20.9 Å². The SMILES string of the molecule is COCc1c(C(=O)OCC(=O)N2CCC[C@@H]3CCCC[C@H]32)sc2cccc(F)c12. The number of carbonyl (C=O) groups is 2. The number of amides is 1. The number of fused-ring (bicyclic) bond motifs is 2. The first kappa shape index (κ1) is 20.3. The van der Waals surface area contributed by atoms with E-state index in [0.29, 0.717) is 26.4 Å². The number of rotatable bonds is 5. The van der Waals surface area contributed by atoms with Crippen molar-refractivity contribution in [3.63, 3.8) is 0 Å². The van der Waals surface area contributed by atoms with E-state index in [2.05, 4.69) is 0 Å². The van der Waals surface area contributed by atoms with E-state index in [1.165, 1.54) is 43.8 Å². The molecule has 1 aliphatic carbocycles. The van der Waals surface area contributed by atoms with Crippen LogP contribution in [0.3, 0.4) is 0 Å². The minimum Gasteiger partial charge on any atom is -0.451 e. The van der Waals surface area contributed by atoms with Crippen molar-refractivity contribution in [3.8, 4) is 0 Å². The van der Waals surface area contributed by atoms with Crippen LogP contribution >= 0.6 is 11.3 Å². The summed E-state index contributed by atoms with van der Waals surface area (Å²) in [7, 11) is 1.50. The van der Waals surface area contributed by atoms with Gasteiger partial charge in [-0.3, -0.25) is 4.79 Å². The number of carbonyl (C=O) groups excluding carboxylic acids is 2. The first-order valence-corrected chi connectivity index (χ1v) is 11.1. The van der Waals surface area contributed by atoms with Gasteiger partial charge in [-0.1, -0.05) is 18.9 Å². The highest BCUT2D eigenvalue weighted by atomic mass is 32.1. The van der Waals surface area contributed by atoms with Crippen molar-refractivity contribution in [2.24, 2.45) is 5.92 Å². The summed E-state index contributed by atoms with van der Waals surface area (Å²) in [6.07, 6.45) is 6.80. The zero-order valence-electron chi connectivity index (χ0n) is 16.6. The second kappa shape index (κ2) is 8.79. The van der Waals surface area contributed by atoms with Gasteiger partial charge in [0.25, 0.3) is 5.91 Å². The lowest BCUT2D eigenvalue weighted by molar-refractivity contribution is -0.140. The number of esters is 1. The van der Waals surface area contributed by atoms with Gasteiger partial charge in [-0.25, -0.2) is 9.18 Å². The summed E-state index contributed by atoms with van der Waals surface area (Å²) < 4.78 is 25.5. The highest BCUT2D eigenvalue weighted by Gasteiger charge is 2.36. The molecule has 2 fully saturated rings. The Balaban J connectivity index is 1.47. The lowest BCUT2D eigenvalue weighted by Gasteiger charge is -2.44. The van der Waals surface area contributed by atoms with Crippen molar-refractivity contribution in [2.45, 2.75) is 51.2 Å². The molecule has 5 nitrogen and oxygen atoms in total. The zero-order valence-corrected chi connectivity index (χ0v) is 17.4. The lowest BCUT2D eigenvalue weighted by atomic mass is 9.78. The predicted molar refractivity (Wildman–Crippen MR) is 109 cm³/mol. The minimum absolute atomic E-state index is 0.106. The van der Waals surface area contributed by atoms with Gasteiger partial charge in [-0.05, 0) is 43.7 Å². The summed E-state index contributed by atoms with van der Waals surface area (Å²) in [6.45, 7) is 0.570. The van der Waals surface area contributed by atoms with Crippen LogP contribution in [0, 0.1) is 11.7 Å². The summed E-state index contributed by atoms with van der Waals surface area (Å²) in [6, 6.07) is 5.02. The number of likely N-dealkylation sites (tertiary alicyclic amines) is 1. The molecule has 29 heavy (non-hydrogen) atoms. The molecular formula is C22H26FNO4S. The van der Waals surface area contributed by atoms with Crippen LogP contribution in [0.1, 0.15) is 53.8 Å². The third kappa shape index (κ3) is 4.03. The van der Waals surface area contributed by atoms with Gasteiger partial charge in [-0.2, -0.15) is 0 Å². The molecule has 1 saturated heterocycles. The van der Waals surface area contributed by atoms with Crippen molar-refractivity contribution in [3.05, 3.63) is 34.5 Å². The molecule has 1 aromatic heterocycles. The molecule has 0 unspecified atom stereocenters. The average molecular weight is 420 g/mol. The number of benzene rings is 1. The van der Waals surface area contributed by atoms with Gasteiger partial charge in [0, 0.05) is 35.3 Å². The summed E-state index contributed by atoms with van der Waals surface area (Å²) >= 11 is 1.17. The highest BCUT2D eigenvalue weighted by Crippen LogP contribution is 2.36. The Hall–Kier alpha value is -1.99. The van der Waals surface area contributed by atoms with Crippen LogP contribution in [0.2, 0.25) is 0 Å². The molecule has 7 heteroatoms. The Kier molecular flexibility index (Phi) is 6.15. The Bertz CT molecular complexity index is 910. The van der Waals surface area contributed by atoms with E-state index in [1.54, 1.807) is 12.1 Å². The fourth-order valence-corrected chi connectivity index (χ4v) is 5.94. The van der Waals surface area contributed by atoms with Crippen LogP contribution in [0.4, 0.5) is 4.39 Å². The molecule has 0 bridgehead atoms. The van der Waals surface area contributed by atoms with Crippen molar-refractivity contribution in [1.29, 1.82) is 0 Å². The largest absolute Gasteiger partial charge is 0.451 e. The topological polar surface area (TPSA) is 55.8 Å². The number of methoxy groups -OCH3 is 1. The maximum Gasteiger partial charge on any atom is 0.349 e. The van der Waals surface area contributed by atoms with E-state index in [9.17, 15) is 14.0 Å². The number of hydrogen-bond donors (Lipinski definition) is 0. The van der Waals surface area contributed by atoms with Gasteiger partial charge in [0.2, 0.25) is 0 Å².